The molecule has 26 heavy (non-hydrogen) atoms. The lowest BCUT2D eigenvalue weighted by molar-refractivity contribution is 0.135. The largest absolute Gasteiger partial charge is 0.299 e. The Hall–Kier alpha value is -2.46. The summed E-state index contributed by atoms with van der Waals surface area (Å²) >= 11 is 2.49. The summed E-state index contributed by atoms with van der Waals surface area (Å²) in [5, 5.41) is 13.3. The Kier molecular flexibility index (Phi) is 4.37. The Morgan fingerprint density at radius 1 is 1.12 bits per heavy atom. The van der Waals surface area contributed by atoms with E-state index in [1.54, 1.807) is 6.08 Å². The minimum atomic E-state index is -2.89. The van der Waals surface area contributed by atoms with Crippen LogP contribution in [0, 0.1) is 11.6 Å². The van der Waals surface area contributed by atoms with E-state index in [2.05, 4.69) is 15.3 Å². The highest BCUT2D eigenvalue weighted by atomic mass is 32.2. The van der Waals surface area contributed by atoms with Crippen molar-refractivity contribution in [2.45, 2.75) is 11.6 Å². The molecular formula is C16H8F4N4S2. The summed E-state index contributed by atoms with van der Waals surface area (Å²) < 4.78 is 54.7. The van der Waals surface area contributed by atoms with Gasteiger partial charge in [0.2, 0.25) is 11.0 Å². The average molecular weight is 396 g/mol. The Bertz CT molecular complexity index is 1030. The van der Waals surface area contributed by atoms with Crippen LogP contribution in [0.1, 0.15) is 22.7 Å². The van der Waals surface area contributed by atoms with Crippen LogP contribution >= 0.6 is 23.1 Å². The van der Waals surface area contributed by atoms with Gasteiger partial charge in [-0.15, -0.1) is 21.5 Å². The van der Waals surface area contributed by atoms with Gasteiger partial charge >= 0.3 is 0 Å². The van der Waals surface area contributed by atoms with Gasteiger partial charge in [0.15, 0.2) is 0 Å². The van der Waals surface area contributed by atoms with Crippen LogP contribution in [0.5, 0.6) is 0 Å². The van der Waals surface area contributed by atoms with E-state index in [9.17, 15) is 17.6 Å². The lowest BCUT2D eigenvalue weighted by atomic mass is 10.1. The zero-order valence-corrected chi connectivity index (χ0v) is 14.4. The zero-order chi connectivity index (χ0) is 18.3. The summed E-state index contributed by atoms with van der Waals surface area (Å²) in [4.78, 5) is 1.36. The Morgan fingerprint density at radius 2 is 1.96 bits per heavy atom. The van der Waals surface area contributed by atoms with E-state index in [-0.39, 0.29) is 16.4 Å². The number of alkyl halides is 2. The molecule has 0 amide bonds. The highest BCUT2D eigenvalue weighted by Gasteiger charge is 2.28. The van der Waals surface area contributed by atoms with Crippen molar-refractivity contribution in [3.63, 3.8) is 0 Å². The molecule has 3 aromatic rings. The predicted octanol–water partition coefficient (Wildman–Crippen LogP) is 4.95. The number of hydrogen-bond acceptors (Lipinski definition) is 5. The van der Waals surface area contributed by atoms with Crippen molar-refractivity contribution in [3.8, 4) is 0 Å². The predicted molar refractivity (Wildman–Crippen MR) is 91.4 cm³/mol. The van der Waals surface area contributed by atoms with E-state index in [1.807, 2.05) is 17.5 Å². The van der Waals surface area contributed by atoms with Gasteiger partial charge in [0.05, 0.1) is 0 Å². The first kappa shape index (κ1) is 17.0. The number of rotatable bonds is 3. The van der Waals surface area contributed by atoms with Gasteiger partial charge in [-0.2, -0.15) is 9.78 Å². The third kappa shape index (κ3) is 3.06. The number of halogens is 4. The molecule has 0 spiro atoms. The van der Waals surface area contributed by atoms with Gasteiger partial charge in [-0.1, -0.05) is 6.07 Å². The zero-order valence-electron chi connectivity index (χ0n) is 12.7. The fourth-order valence-electron chi connectivity index (χ4n) is 2.33. The van der Waals surface area contributed by atoms with Crippen LogP contribution in [0.15, 0.2) is 50.9 Å². The molecule has 4 rings (SSSR count). The number of aromatic nitrogens is 3. The molecule has 2 aromatic heterocycles. The summed E-state index contributed by atoms with van der Waals surface area (Å²) in [6.07, 6.45) is -1.14. The van der Waals surface area contributed by atoms with Crippen LogP contribution in [0.25, 0.3) is 6.08 Å². The van der Waals surface area contributed by atoms with Crippen LogP contribution in [0.4, 0.5) is 17.6 Å². The van der Waals surface area contributed by atoms with Gasteiger partial charge in [0.25, 0.3) is 6.43 Å². The number of fused-ring (bicyclic) bond motifs is 1. The Balaban J connectivity index is 1.91. The molecule has 0 saturated heterocycles. The second-order valence-electron chi connectivity index (χ2n) is 5.15. The first-order valence-corrected chi connectivity index (χ1v) is 8.94. The molecular weight excluding hydrogens is 388 g/mol. The lowest BCUT2D eigenvalue weighted by Crippen LogP contribution is -2.15. The van der Waals surface area contributed by atoms with Crippen LogP contribution < -0.4 is 0 Å². The molecule has 1 aromatic carbocycles. The molecule has 0 N–H and O–H groups in total. The van der Waals surface area contributed by atoms with E-state index < -0.39 is 23.9 Å². The summed E-state index contributed by atoms with van der Waals surface area (Å²) in [5.74, 6) is -2.21. The standard InChI is InChI=1S/C16H8F4N4S2/c17-8-3-4-10(11(18)6-8)13-12(7-9-2-1-5-25-9)26-16-22-21-15(14(19)20)24(16)23-13/h1-7,14H. The van der Waals surface area contributed by atoms with Gasteiger partial charge in [-0.05, 0) is 41.4 Å². The van der Waals surface area contributed by atoms with Gasteiger partial charge in [0, 0.05) is 21.4 Å². The third-order valence-electron chi connectivity index (χ3n) is 3.47. The van der Waals surface area contributed by atoms with Crippen LogP contribution in [-0.4, -0.2) is 20.6 Å². The number of thioether (sulfide) groups is 1. The van der Waals surface area contributed by atoms with Crippen LogP contribution in [0.2, 0.25) is 0 Å². The molecule has 4 nitrogen and oxygen atoms in total. The number of benzene rings is 1. The maximum Gasteiger partial charge on any atom is 0.299 e. The third-order valence-corrected chi connectivity index (χ3v) is 5.26. The van der Waals surface area contributed by atoms with Crippen molar-refractivity contribution < 1.29 is 17.6 Å². The Morgan fingerprint density at radius 3 is 2.65 bits per heavy atom. The molecule has 1 aliphatic rings. The van der Waals surface area contributed by atoms with Crippen molar-refractivity contribution in [2.75, 3.05) is 0 Å². The molecule has 0 saturated carbocycles. The number of thiophene rings is 1. The summed E-state index contributed by atoms with van der Waals surface area (Å²) in [6.45, 7) is 0. The Labute approximate surface area is 152 Å². The molecule has 0 unspecified atom stereocenters. The molecule has 0 aliphatic carbocycles. The minimum Gasteiger partial charge on any atom is -0.207 e. The average Bonchev–Trinajstić information content (AvgIpc) is 3.23. The van der Waals surface area contributed by atoms with Gasteiger partial charge in [-0.25, -0.2) is 17.6 Å². The van der Waals surface area contributed by atoms with Crippen molar-refractivity contribution in [2.24, 2.45) is 5.10 Å². The van der Waals surface area contributed by atoms with Crippen LogP contribution in [0.3, 0.4) is 0 Å². The number of allylic oxidation sites excluding steroid dienone is 1. The fourth-order valence-corrected chi connectivity index (χ4v) is 4.00. The van der Waals surface area contributed by atoms with Crippen LogP contribution in [-0.2, 0) is 0 Å². The molecule has 10 heteroatoms. The first-order valence-electron chi connectivity index (χ1n) is 7.24. The van der Waals surface area contributed by atoms with Gasteiger partial charge < -0.3 is 0 Å². The van der Waals surface area contributed by atoms with Crippen molar-refractivity contribution >= 4 is 34.9 Å². The molecule has 0 bridgehead atoms. The highest BCUT2D eigenvalue weighted by Crippen LogP contribution is 2.37. The van der Waals surface area contributed by atoms with E-state index >= 15 is 0 Å². The normalized spacial score (nSPS) is 15.4. The van der Waals surface area contributed by atoms with Gasteiger partial charge in [0.1, 0.15) is 17.3 Å². The summed E-state index contributed by atoms with van der Waals surface area (Å²) in [7, 11) is 0. The van der Waals surface area contributed by atoms with Crippen molar-refractivity contribution in [1.29, 1.82) is 0 Å². The topological polar surface area (TPSA) is 43.1 Å². The molecule has 0 radical (unpaired) electrons. The summed E-state index contributed by atoms with van der Waals surface area (Å²) in [6, 6.07) is 6.73. The monoisotopic (exact) mass is 396 g/mol. The fraction of sp³-hybridized carbons (Fsp3) is 0.0625. The lowest BCUT2D eigenvalue weighted by Gasteiger charge is -2.17. The molecule has 0 fully saturated rings. The van der Waals surface area contributed by atoms with Crippen molar-refractivity contribution in [3.05, 3.63) is 68.5 Å². The second kappa shape index (κ2) is 6.69. The van der Waals surface area contributed by atoms with E-state index in [0.29, 0.717) is 4.91 Å². The smallest absolute Gasteiger partial charge is 0.207 e. The van der Waals surface area contributed by atoms with E-state index in [4.69, 9.17) is 0 Å². The first-order chi connectivity index (χ1) is 12.5. The molecule has 0 atom stereocenters. The number of nitrogens with zero attached hydrogens (tertiary/aromatic N) is 4. The molecule has 3 heterocycles. The van der Waals surface area contributed by atoms with Gasteiger partial charge in [-0.3, -0.25) is 0 Å². The minimum absolute atomic E-state index is 0.00118. The maximum absolute atomic E-state index is 14.3. The van der Waals surface area contributed by atoms with E-state index in [0.717, 1.165) is 33.4 Å². The quantitative estimate of drug-likeness (QED) is 0.588. The molecule has 1 aliphatic heterocycles. The second-order valence-corrected chi connectivity index (χ2v) is 7.14. The maximum atomic E-state index is 14.3. The summed E-state index contributed by atoms with van der Waals surface area (Å²) in [5.41, 5.74) is 0.108. The SMILES string of the molecule is Fc1ccc(C2=Nn3c(nnc3C(F)F)SC2=Cc2cccs2)c(F)c1. The number of hydrogen-bond donors (Lipinski definition) is 0. The highest BCUT2D eigenvalue weighted by molar-refractivity contribution is 8.04. The van der Waals surface area contributed by atoms with Crippen molar-refractivity contribution in [1.82, 2.24) is 14.9 Å². The van der Waals surface area contributed by atoms with E-state index in [1.165, 1.54) is 17.4 Å². The molecule has 132 valence electrons.